The number of carbonyl (C=O) groups excluding carboxylic acids is 1. The number of hydrogen-bond acceptors (Lipinski definition) is 3. The summed E-state index contributed by atoms with van der Waals surface area (Å²) in [4.78, 5) is 14.9. The molecule has 3 fully saturated rings. The number of nitrogens with zero attached hydrogens (tertiary/aromatic N) is 1. The maximum absolute atomic E-state index is 12.3. The zero-order chi connectivity index (χ0) is 13.9. The first-order valence-electron chi connectivity index (χ1n) is 8.47. The molecule has 2 saturated heterocycles. The van der Waals surface area contributed by atoms with Gasteiger partial charge in [0, 0.05) is 37.6 Å². The van der Waals surface area contributed by atoms with Gasteiger partial charge in [0.15, 0.2) is 0 Å². The molecule has 0 bridgehead atoms. The van der Waals surface area contributed by atoms with Crippen LogP contribution in [0.1, 0.15) is 45.4 Å². The minimum absolute atomic E-state index is 0.232. The van der Waals surface area contributed by atoms with Gasteiger partial charge in [-0.3, -0.25) is 4.79 Å². The zero-order valence-corrected chi connectivity index (χ0v) is 12.7. The molecule has 0 aromatic carbocycles. The van der Waals surface area contributed by atoms with Gasteiger partial charge >= 0.3 is 0 Å². The third-order valence-corrected chi connectivity index (χ3v) is 5.14. The van der Waals surface area contributed by atoms with Gasteiger partial charge in [0.2, 0.25) is 5.91 Å². The molecule has 2 aliphatic heterocycles. The fourth-order valence-corrected chi connectivity index (χ4v) is 3.61. The first-order valence-corrected chi connectivity index (χ1v) is 8.47. The average molecular weight is 279 g/mol. The second kappa shape index (κ2) is 6.44. The normalized spacial score (nSPS) is 33.0. The van der Waals surface area contributed by atoms with Gasteiger partial charge in [-0.05, 0) is 57.9 Å². The van der Waals surface area contributed by atoms with E-state index in [9.17, 15) is 4.79 Å². The summed E-state index contributed by atoms with van der Waals surface area (Å²) in [6, 6.07) is 0.906. The molecule has 0 unspecified atom stereocenters. The quantitative estimate of drug-likeness (QED) is 0.817. The highest BCUT2D eigenvalue weighted by molar-refractivity contribution is 5.79. The lowest BCUT2D eigenvalue weighted by atomic mass is 9.92. The third kappa shape index (κ3) is 3.95. The topological polar surface area (TPSA) is 44.4 Å². The van der Waals surface area contributed by atoms with Crippen LogP contribution in [0.15, 0.2) is 0 Å². The second-order valence-corrected chi connectivity index (χ2v) is 7.10. The molecular weight excluding hydrogens is 250 g/mol. The fraction of sp³-hybridized carbons (Fsp3) is 0.938. The van der Waals surface area contributed by atoms with E-state index in [-0.39, 0.29) is 5.92 Å². The molecule has 4 heteroatoms. The molecule has 2 N–H and O–H groups in total. The van der Waals surface area contributed by atoms with E-state index in [1.807, 2.05) is 0 Å². The Morgan fingerprint density at radius 3 is 2.60 bits per heavy atom. The molecule has 20 heavy (non-hydrogen) atoms. The lowest BCUT2D eigenvalue weighted by Crippen LogP contribution is -2.49. The summed E-state index contributed by atoms with van der Waals surface area (Å²) in [5, 5.41) is 6.72. The minimum Gasteiger partial charge on any atom is -0.353 e. The molecule has 4 nitrogen and oxygen atoms in total. The van der Waals surface area contributed by atoms with Crippen molar-refractivity contribution in [1.82, 2.24) is 15.5 Å². The zero-order valence-electron chi connectivity index (χ0n) is 12.7. The van der Waals surface area contributed by atoms with Gasteiger partial charge in [0.05, 0.1) is 0 Å². The molecule has 1 amide bonds. The molecule has 114 valence electrons. The van der Waals surface area contributed by atoms with Gasteiger partial charge in [-0.25, -0.2) is 0 Å². The van der Waals surface area contributed by atoms with Gasteiger partial charge < -0.3 is 15.5 Å². The van der Waals surface area contributed by atoms with E-state index in [0.29, 0.717) is 18.0 Å². The smallest absolute Gasteiger partial charge is 0.223 e. The average Bonchev–Trinajstić information content (AvgIpc) is 3.25. The molecule has 0 aromatic heterocycles. The SMILES string of the molecule is C[C@H]1C[C@@H](C(=O)NC2CCN(CC3CC3)CC2)CCN1. The first-order chi connectivity index (χ1) is 9.70. The number of amides is 1. The number of nitrogens with one attached hydrogen (secondary N) is 2. The summed E-state index contributed by atoms with van der Waals surface area (Å²) in [5.74, 6) is 1.52. The fourth-order valence-electron chi connectivity index (χ4n) is 3.61. The molecule has 3 rings (SSSR count). The van der Waals surface area contributed by atoms with Crippen molar-refractivity contribution in [1.29, 1.82) is 0 Å². The highest BCUT2D eigenvalue weighted by Gasteiger charge is 2.29. The summed E-state index contributed by atoms with van der Waals surface area (Å²) >= 11 is 0. The van der Waals surface area contributed by atoms with Gasteiger partial charge in [-0.2, -0.15) is 0 Å². The maximum atomic E-state index is 12.3. The van der Waals surface area contributed by atoms with Gasteiger partial charge in [-0.1, -0.05) is 0 Å². The summed E-state index contributed by atoms with van der Waals surface area (Å²) < 4.78 is 0. The molecule has 0 radical (unpaired) electrons. The highest BCUT2D eigenvalue weighted by atomic mass is 16.1. The van der Waals surface area contributed by atoms with E-state index in [2.05, 4.69) is 22.5 Å². The van der Waals surface area contributed by atoms with Crippen LogP contribution in [0.2, 0.25) is 0 Å². The lowest BCUT2D eigenvalue weighted by Gasteiger charge is -2.34. The van der Waals surface area contributed by atoms with Crippen LogP contribution in [0.3, 0.4) is 0 Å². The molecule has 2 atom stereocenters. The van der Waals surface area contributed by atoms with E-state index in [1.54, 1.807) is 0 Å². The van der Waals surface area contributed by atoms with Crippen LogP contribution in [-0.2, 0) is 4.79 Å². The minimum atomic E-state index is 0.232. The van der Waals surface area contributed by atoms with Gasteiger partial charge in [0.1, 0.15) is 0 Å². The molecule has 0 spiro atoms. The molecule has 0 aromatic rings. The number of carbonyl (C=O) groups is 1. The van der Waals surface area contributed by atoms with E-state index >= 15 is 0 Å². The Kier molecular flexibility index (Phi) is 4.61. The van der Waals surface area contributed by atoms with Crippen molar-refractivity contribution in [3.05, 3.63) is 0 Å². The van der Waals surface area contributed by atoms with Crippen molar-refractivity contribution in [2.45, 2.75) is 57.5 Å². The van der Waals surface area contributed by atoms with Crippen molar-refractivity contribution in [3.63, 3.8) is 0 Å². The molecule has 2 heterocycles. The van der Waals surface area contributed by atoms with Crippen LogP contribution in [0.4, 0.5) is 0 Å². The van der Waals surface area contributed by atoms with E-state index in [0.717, 1.165) is 38.1 Å². The summed E-state index contributed by atoms with van der Waals surface area (Å²) in [6.45, 7) is 6.80. The van der Waals surface area contributed by atoms with Crippen molar-refractivity contribution in [2.75, 3.05) is 26.2 Å². The predicted molar refractivity (Wildman–Crippen MR) is 80.5 cm³/mol. The summed E-state index contributed by atoms with van der Waals surface area (Å²) in [5.41, 5.74) is 0. The Balaban J connectivity index is 1.38. The number of likely N-dealkylation sites (tertiary alicyclic amines) is 1. The second-order valence-electron chi connectivity index (χ2n) is 7.10. The van der Waals surface area contributed by atoms with Gasteiger partial charge in [0.25, 0.3) is 0 Å². The van der Waals surface area contributed by atoms with Crippen LogP contribution in [0, 0.1) is 11.8 Å². The third-order valence-electron chi connectivity index (χ3n) is 5.14. The summed E-state index contributed by atoms with van der Waals surface area (Å²) in [6.07, 6.45) is 7.14. The standard InChI is InChI=1S/C16H29N3O/c1-12-10-14(4-7-17-12)16(20)18-15-5-8-19(9-6-15)11-13-2-3-13/h12-15,17H,2-11H2,1H3,(H,18,20)/t12-,14-/m0/s1. The maximum Gasteiger partial charge on any atom is 0.223 e. The van der Waals surface area contributed by atoms with Crippen molar-refractivity contribution in [3.8, 4) is 0 Å². The van der Waals surface area contributed by atoms with Crippen LogP contribution in [0.5, 0.6) is 0 Å². The Morgan fingerprint density at radius 2 is 1.95 bits per heavy atom. The molecular formula is C16H29N3O. The lowest BCUT2D eigenvalue weighted by molar-refractivity contribution is -0.127. The Labute approximate surface area is 122 Å². The Bertz CT molecular complexity index is 335. The Morgan fingerprint density at radius 1 is 1.20 bits per heavy atom. The molecule has 1 saturated carbocycles. The molecule has 3 aliphatic rings. The van der Waals surface area contributed by atoms with Crippen molar-refractivity contribution >= 4 is 5.91 Å². The van der Waals surface area contributed by atoms with E-state index in [4.69, 9.17) is 0 Å². The van der Waals surface area contributed by atoms with E-state index in [1.165, 1.54) is 32.5 Å². The predicted octanol–water partition coefficient (Wildman–Crippen LogP) is 1.37. The van der Waals surface area contributed by atoms with E-state index < -0.39 is 0 Å². The van der Waals surface area contributed by atoms with Gasteiger partial charge in [-0.15, -0.1) is 0 Å². The Hall–Kier alpha value is -0.610. The van der Waals surface area contributed by atoms with Crippen LogP contribution in [-0.4, -0.2) is 49.1 Å². The van der Waals surface area contributed by atoms with Crippen molar-refractivity contribution in [2.24, 2.45) is 11.8 Å². The van der Waals surface area contributed by atoms with Crippen LogP contribution >= 0.6 is 0 Å². The highest BCUT2D eigenvalue weighted by Crippen LogP contribution is 2.30. The van der Waals surface area contributed by atoms with Crippen LogP contribution in [0.25, 0.3) is 0 Å². The number of hydrogen-bond donors (Lipinski definition) is 2. The largest absolute Gasteiger partial charge is 0.353 e. The monoisotopic (exact) mass is 279 g/mol. The molecule has 1 aliphatic carbocycles. The van der Waals surface area contributed by atoms with Crippen molar-refractivity contribution < 1.29 is 4.79 Å². The first kappa shape index (κ1) is 14.3. The summed E-state index contributed by atoms with van der Waals surface area (Å²) in [7, 11) is 0. The van der Waals surface area contributed by atoms with Crippen LogP contribution < -0.4 is 10.6 Å². The number of piperidine rings is 2. The number of rotatable bonds is 4.